The fourth-order valence-electron chi connectivity index (χ4n) is 2.23. The van der Waals surface area contributed by atoms with Crippen LogP contribution in [-0.2, 0) is 16.0 Å². The average Bonchev–Trinajstić information content (AvgIpc) is 2.46. The molecule has 5 heteroatoms. The summed E-state index contributed by atoms with van der Waals surface area (Å²) in [6, 6.07) is 2.93. The van der Waals surface area contributed by atoms with Gasteiger partial charge >= 0.3 is 5.97 Å². The number of fused-ring (bicyclic) bond motifs is 1. The number of pyridine rings is 1. The predicted octanol–water partition coefficient (Wildman–Crippen LogP) is 2.53. The van der Waals surface area contributed by atoms with Gasteiger partial charge in [-0.05, 0) is 36.4 Å². The lowest BCUT2D eigenvalue weighted by atomic mass is 9.96. The van der Waals surface area contributed by atoms with E-state index in [1.165, 1.54) is 12.3 Å². The van der Waals surface area contributed by atoms with E-state index in [0.29, 0.717) is 11.8 Å². The van der Waals surface area contributed by atoms with Crippen molar-refractivity contribution < 1.29 is 19.0 Å². The summed E-state index contributed by atoms with van der Waals surface area (Å²) in [5.41, 5.74) is 0.725. The Labute approximate surface area is 116 Å². The highest BCUT2D eigenvalue weighted by atomic mass is 19.1. The molecule has 1 N–H and O–H groups in total. The van der Waals surface area contributed by atoms with E-state index in [1.54, 1.807) is 19.2 Å². The first-order valence-corrected chi connectivity index (χ1v) is 6.49. The molecule has 1 unspecified atom stereocenters. The second-order valence-corrected chi connectivity index (χ2v) is 4.36. The molecule has 4 nitrogen and oxygen atoms in total. The second kappa shape index (κ2) is 5.96. The highest BCUT2D eigenvalue weighted by molar-refractivity contribution is 5.92. The summed E-state index contributed by atoms with van der Waals surface area (Å²) in [6.07, 6.45) is 2.11. The molecule has 2 aromatic rings. The first-order valence-electron chi connectivity index (χ1n) is 6.49. The molecule has 0 saturated heterocycles. The first kappa shape index (κ1) is 14.4. The molecular formula is C15H16FNO3. The summed E-state index contributed by atoms with van der Waals surface area (Å²) < 4.78 is 19.0. The maximum atomic E-state index is 14.2. The fourth-order valence-corrected chi connectivity index (χ4v) is 2.23. The monoisotopic (exact) mass is 277 g/mol. The lowest BCUT2D eigenvalue weighted by molar-refractivity contribution is -0.153. The van der Waals surface area contributed by atoms with Gasteiger partial charge in [0.15, 0.2) is 6.10 Å². The molecule has 0 amide bonds. The number of aliphatic hydroxyl groups excluding tert-OH is 1. The number of halogens is 1. The van der Waals surface area contributed by atoms with Gasteiger partial charge in [-0.1, -0.05) is 6.92 Å². The molecule has 106 valence electrons. The van der Waals surface area contributed by atoms with Crippen molar-refractivity contribution in [3.05, 3.63) is 41.5 Å². The molecule has 0 aliphatic rings. The van der Waals surface area contributed by atoms with Gasteiger partial charge in [0.2, 0.25) is 0 Å². The molecule has 0 saturated carbocycles. The van der Waals surface area contributed by atoms with Crippen LogP contribution >= 0.6 is 0 Å². The third kappa shape index (κ3) is 2.49. The SMILES string of the molecule is CCOC(=O)C(O)c1c(F)cc(CC)c2cnccc12. The van der Waals surface area contributed by atoms with E-state index < -0.39 is 17.9 Å². The van der Waals surface area contributed by atoms with Crippen LogP contribution in [0.5, 0.6) is 0 Å². The number of ether oxygens (including phenoxy) is 1. The number of carbonyl (C=O) groups is 1. The van der Waals surface area contributed by atoms with Gasteiger partial charge in [-0.2, -0.15) is 0 Å². The highest BCUT2D eigenvalue weighted by Crippen LogP contribution is 2.30. The van der Waals surface area contributed by atoms with E-state index in [0.717, 1.165) is 10.9 Å². The first-order chi connectivity index (χ1) is 9.60. The molecular weight excluding hydrogens is 261 g/mol. The van der Waals surface area contributed by atoms with Crippen LogP contribution in [0.1, 0.15) is 31.1 Å². The third-order valence-corrected chi connectivity index (χ3v) is 3.18. The van der Waals surface area contributed by atoms with Crippen LogP contribution in [0.2, 0.25) is 0 Å². The average molecular weight is 277 g/mol. The third-order valence-electron chi connectivity index (χ3n) is 3.18. The van der Waals surface area contributed by atoms with E-state index >= 15 is 0 Å². The lowest BCUT2D eigenvalue weighted by Gasteiger charge is -2.15. The molecule has 1 heterocycles. The summed E-state index contributed by atoms with van der Waals surface area (Å²) in [5, 5.41) is 11.2. The zero-order chi connectivity index (χ0) is 14.7. The summed E-state index contributed by atoms with van der Waals surface area (Å²) in [5.74, 6) is -1.46. The number of aliphatic hydroxyl groups is 1. The topological polar surface area (TPSA) is 59.4 Å². The van der Waals surface area contributed by atoms with Crippen molar-refractivity contribution in [1.29, 1.82) is 0 Å². The van der Waals surface area contributed by atoms with Crippen molar-refractivity contribution in [2.24, 2.45) is 0 Å². The van der Waals surface area contributed by atoms with Crippen LogP contribution < -0.4 is 0 Å². The normalized spacial score (nSPS) is 12.4. The molecule has 0 radical (unpaired) electrons. The Hall–Kier alpha value is -2.01. The van der Waals surface area contributed by atoms with Crippen LogP contribution in [0, 0.1) is 5.82 Å². The summed E-state index contributed by atoms with van der Waals surface area (Å²) in [7, 11) is 0. The minimum absolute atomic E-state index is 0.0574. The fraction of sp³-hybridized carbons (Fsp3) is 0.333. The Morgan fingerprint density at radius 1 is 1.45 bits per heavy atom. The lowest BCUT2D eigenvalue weighted by Crippen LogP contribution is -2.17. The van der Waals surface area contributed by atoms with Gasteiger partial charge in [0.1, 0.15) is 5.82 Å². The van der Waals surface area contributed by atoms with Crippen molar-refractivity contribution in [2.45, 2.75) is 26.4 Å². The van der Waals surface area contributed by atoms with Gasteiger partial charge < -0.3 is 9.84 Å². The molecule has 0 aliphatic carbocycles. The summed E-state index contributed by atoms with van der Waals surface area (Å²) >= 11 is 0. The van der Waals surface area contributed by atoms with E-state index in [4.69, 9.17) is 4.74 Å². The number of benzene rings is 1. The number of esters is 1. The van der Waals surface area contributed by atoms with E-state index in [9.17, 15) is 14.3 Å². The Bertz CT molecular complexity index is 642. The number of aromatic nitrogens is 1. The predicted molar refractivity (Wildman–Crippen MR) is 72.7 cm³/mol. The number of hydrogen-bond acceptors (Lipinski definition) is 4. The molecule has 1 aromatic heterocycles. The van der Waals surface area contributed by atoms with Crippen LogP contribution in [0.25, 0.3) is 10.8 Å². The minimum atomic E-state index is -1.63. The maximum Gasteiger partial charge on any atom is 0.339 e. The van der Waals surface area contributed by atoms with Gasteiger partial charge in [-0.3, -0.25) is 4.98 Å². The Morgan fingerprint density at radius 2 is 2.20 bits per heavy atom. The largest absolute Gasteiger partial charge is 0.464 e. The molecule has 1 atom stereocenters. The second-order valence-electron chi connectivity index (χ2n) is 4.36. The minimum Gasteiger partial charge on any atom is -0.464 e. The van der Waals surface area contributed by atoms with Crippen molar-refractivity contribution in [3.8, 4) is 0 Å². The molecule has 0 aliphatic heterocycles. The van der Waals surface area contributed by atoms with E-state index in [-0.39, 0.29) is 12.2 Å². The Kier molecular flexibility index (Phi) is 4.29. The van der Waals surface area contributed by atoms with Crippen LogP contribution in [0.4, 0.5) is 4.39 Å². The van der Waals surface area contributed by atoms with Gasteiger partial charge in [0.05, 0.1) is 6.61 Å². The standard InChI is InChI=1S/C15H16FNO3/c1-3-9-7-12(16)13(14(18)15(19)20-4-2)10-5-6-17-8-11(9)10/h5-8,14,18H,3-4H2,1-2H3. The van der Waals surface area contributed by atoms with Gasteiger partial charge in [-0.15, -0.1) is 0 Å². The van der Waals surface area contributed by atoms with Gasteiger partial charge in [0.25, 0.3) is 0 Å². The number of carbonyl (C=O) groups excluding carboxylic acids is 1. The molecule has 1 aromatic carbocycles. The summed E-state index contributed by atoms with van der Waals surface area (Å²) in [4.78, 5) is 15.7. The van der Waals surface area contributed by atoms with E-state index in [2.05, 4.69) is 4.98 Å². The summed E-state index contributed by atoms with van der Waals surface area (Å²) in [6.45, 7) is 3.66. The molecule has 0 fully saturated rings. The van der Waals surface area contributed by atoms with Crippen molar-refractivity contribution in [3.63, 3.8) is 0 Å². The van der Waals surface area contributed by atoms with Crippen molar-refractivity contribution >= 4 is 16.7 Å². The number of rotatable bonds is 4. The highest BCUT2D eigenvalue weighted by Gasteiger charge is 2.25. The number of aryl methyl sites for hydroxylation is 1. The van der Waals surface area contributed by atoms with Gasteiger partial charge in [0, 0.05) is 23.3 Å². The van der Waals surface area contributed by atoms with Crippen molar-refractivity contribution in [2.75, 3.05) is 6.61 Å². The number of hydrogen-bond donors (Lipinski definition) is 1. The van der Waals surface area contributed by atoms with Crippen LogP contribution in [0.3, 0.4) is 0 Å². The zero-order valence-corrected chi connectivity index (χ0v) is 11.4. The molecule has 2 rings (SSSR count). The van der Waals surface area contributed by atoms with E-state index in [1.807, 2.05) is 6.92 Å². The smallest absolute Gasteiger partial charge is 0.339 e. The quantitative estimate of drug-likeness (QED) is 0.872. The molecule has 20 heavy (non-hydrogen) atoms. The number of nitrogens with zero attached hydrogens (tertiary/aromatic N) is 1. The Morgan fingerprint density at radius 3 is 2.85 bits per heavy atom. The zero-order valence-electron chi connectivity index (χ0n) is 11.4. The van der Waals surface area contributed by atoms with Crippen molar-refractivity contribution in [1.82, 2.24) is 4.98 Å². The van der Waals surface area contributed by atoms with Gasteiger partial charge in [-0.25, -0.2) is 9.18 Å². The molecule has 0 spiro atoms. The maximum absolute atomic E-state index is 14.2. The molecule has 0 bridgehead atoms. The van der Waals surface area contributed by atoms with Crippen LogP contribution in [0.15, 0.2) is 24.5 Å². The Balaban J connectivity index is 2.64. The van der Waals surface area contributed by atoms with Crippen LogP contribution in [-0.4, -0.2) is 22.7 Å².